The van der Waals surface area contributed by atoms with Gasteiger partial charge >= 0.3 is 0 Å². The molecule has 0 saturated carbocycles. The monoisotopic (exact) mass is 283 g/mol. The molecule has 0 saturated heterocycles. The quantitative estimate of drug-likeness (QED) is 0.784. The van der Waals surface area contributed by atoms with E-state index in [0.29, 0.717) is 11.4 Å². The lowest BCUT2D eigenvalue weighted by molar-refractivity contribution is 0.0998. The van der Waals surface area contributed by atoms with Gasteiger partial charge in [-0.3, -0.25) is 9.48 Å². The number of furan rings is 1. The van der Waals surface area contributed by atoms with Crippen LogP contribution in [0, 0.1) is 20.8 Å². The van der Waals surface area contributed by atoms with Crippen LogP contribution < -0.4 is 5.32 Å². The minimum absolute atomic E-state index is 0.252. The van der Waals surface area contributed by atoms with E-state index in [9.17, 15) is 4.79 Å². The maximum absolute atomic E-state index is 12.4. The van der Waals surface area contributed by atoms with Gasteiger partial charge in [0, 0.05) is 24.2 Å². The van der Waals surface area contributed by atoms with E-state index < -0.39 is 0 Å². The minimum Gasteiger partial charge on any atom is -0.451 e. The number of rotatable bonds is 2. The Kier molecular flexibility index (Phi) is 3.05. The third-order valence-electron chi connectivity index (χ3n) is 3.56. The maximum Gasteiger partial charge on any atom is 0.291 e. The number of fused-ring (bicyclic) bond motifs is 1. The highest BCUT2D eigenvalue weighted by Gasteiger charge is 2.19. The summed E-state index contributed by atoms with van der Waals surface area (Å²) in [7, 11) is 1.82. The lowest BCUT2D eigenvalue weighted by Crippen LogP contribution is -2.12. The Morgan fingerprint density at radius 2 is 2.05 bits per heavy atom. The first kappa shape index (κ1) is 13.4. The molecule has 5 heteroatoms. The molecule has 0 atom stereocenters. The summed E-state index contributed by atoms with van der Waals surface area (Å²) in [4.78, 5) is 12.4. The molecule has 3 rings (SSSR count). The fourth-order valence-corrected chi connectivity index (χ4v) is 2.45. The zero-order valence-corrected chi connectivity index (χ0v) is 12.5. The molecule has 108 valence electrons. The summed E-state index contributed by atoms with van der Waals surface area (Å²) < 4.78 is 7.39. The molecule has 0 aliphatic rings. The molecule has 0 aliphatic heterocycles. The summed E-state index contributed by atoms with van der Waals surface area (Å²) in [5.41, 5.74) is 4.16. The van der Waals surface area contributed by atoms with E-state index in [2.05, 4.69) is 10.4 Å². The number of nitrogens with one attached hydrogen (secondary N) is 1. The number of carbonyl (C=O) groups is 1. The smallest absolute Gasteiger partial charge is 0.291 e. The fourth-order valence-electron chi connectivity index (χ4n) is 2.45. The Balaban J connectivity index is 1.98. The van der Waals surface area contributed by atoms with Gasteiger partial charge in [-0.25, -0.2) is 0 Å². The molecule has 2 aromatic heterocycles. The molecule has 0 radical (unpaired) electrons. The van der Waals surface area contributed by atoms with E-state index in [1.54, 1.807) is 10.9 Å². The van der Waals surface area contributed by atoms with E-state index in [4.69, 9.17) is 4.42 Å². The normalized spacial score (nSPS) is 11.0. The van der Waals surface area contributed by atoms with Crippen molar-refractivity contribution in [1.29, 1.82) is 0 Å². The van der Waals surface area contributed by atoms with Crippen LogP contribution in [0.25, 0.3) is 11.0 Å². The molecular weight excluding hydrogens is 266 g/mol. The van der Waals surface area contributed by atoms with Crippen molar-refractivity contribution in [2.75, 3.05) is 5.32 Å². The molecule has 0 aliphatic carbocycles. The van der Waals surface area contributed by atoms with Crippen molar-refractivity contribution >= 4 is 22.6 Å². The van der Waals surface area contributed by atoms with E-state index in [-0.39, 0.29) is 5.91 Å². The van der Waals surface area contributed by atoms with Crippen LogP contribution in [0.15, 0.2) is 28.8 Å². The number of benzene rings is 1. The van der Waals surface area contributed by atoms with Crippen molar-refractivity contribution in [2.24, 2.45) is 7.05 Å². The van der Waals surface area contributed by atoms with Gasteiger partial charge in [-0.2, -0.15) is 5.10 Å². The largest absolute Gasteiger partial charge is 0.451 e. The Labute approximate surface area is 122 Å². The summed E-state index contributed by atoms with van der Waals surface area (Å²) in [5, 5.41) is 8.02. The molecule has 1 aromatic carbocycles. The summed E-state index contributed by atoms with van der Waals surface area (Å²) in [6.45, 7) is 5.74. The molecule has 3 aromatic rings. The van der Waals surface area contributed by atoms with Crippen LogP contribution in [-0.2, 0) is 7.05 Å². The number of amides is 1. The van der Waals surface area contributed by atoms with E-state index in [1.807, 2.05) is 46.0 Å². The number of hydrogen-bond donors (Lipinski definition) is 1. The second-order valence-corrected chi connectivity index (χ2v) is 5.31. The summed E-state index contributed by atoms with van der Waals surface area (Å²) in [6, 6.07) is 5.93. The van der Waals surface area contributed by atoms with Crippen LogP contribution in [-0.4, -0.2) is 15.7 Å². The predicted molar refractivity (Wildman–Crippen MR) is 81.6 cm³/mol. The van der Waals surface area contributed by atoms with Crippen LogP contribution in [0.2, 0.25) is 0 Å². The molecule has 0 spiro atoms. The van der Waals surface area contributed by atoms with Crippen molar-refractivity contribution in [3.8, 4) is 0 Å². The number of aryl methyl sites for hydroxylation is 4. The van der Waals surface area contributed by atoms with Gasteiger partial charge in [0.15, 0.2) is 5.76 Å². The standard InChI is InChI=1S/C16H17N3O2/c1-9-5-6-12-10(2)15(21-14(12)7-9)16(20)17-13-8-19(4)18-11(13)3/h5-8H,1-4H3,(H,17,20). The van der Waals surface area contributed by atoms with Gasteiger partial charge in [0.1, 0.15) is 5.58 Å². The van der Waals surface area contributed by atoms with Crippen molar-refractivity contribution < 1.29 is 9.21 Å². The topological polar surface area (TPSA) is 60.1 Å². The number of aromatic nitrogens is 2. The minimum atomic E-state index is -0.252. The van der Waals surface area contributed by atoms with Crippen LogP contribution >= 0.6 is 0 Å². The van der Waals surface area contributed by atoms with Gasteiger partial charge in [0.05, 0.1) is 11.4 Å². The SMILES string of the molecule is Cc1ccc2c(C)c(C(=O)Nc3cn(C)nc3C)oc2c1. The highest BCUT2D eigenvalue weighted by molar-refractivity contribution is 6.06. The average molecular weight is 283 g/mol. The number of anilines is 1. The van der Waals surface area contributed by atoms with E-state index in [1.165, 1.54) is 0 Å². The first-order valence-electron chi connectivity index (χ1n) is 6.77. The highest BCUT2D eigenvalue weighted by atomic mass is 16.3. The number of nitrogens with zero attached hydrogens (tertiary/aromatic N) is 2. The van der Waals surface area contributed by atoms with Crippen molar-refractivity contribution in [3.05, 3.63) is 47.0 Å². The van der Waals surface area contributed by atoms with Crippen molar-refractivity contribution in [3.63, 3.8) is 0 Å². The van der Waals surface area contributed by atoms with E-state index in [0.717, 1.165) is 27.8 Å². The summed E-state index contributed by atoms with van der Waals surface area (Å²) >= 11 is 0. The number of carbonyl (C=O) groups excluding carboxylic acids is 1. The van der Waals surface area contributed by atoms with Gasteiger partial charge in [-0.1, -0.05) is 12.1 Å². The molecule has 5 nitrogen and oxygen atoms in total. The van der Waals surface area contributed by atoms with Crippen molar-refractivity contribution in [2.45, 2.75) is 20.8 Å². The van der Waals surface area contributed by atoms with Crippen LogP contribution in [0.1, 0.15) is 27.4 Å². The Bertz CT molecular complexity index is 843. The second-order valence-electron chi connectivity index (χ2n) is 5.31. The first-order valence-corrected chi connectivity index (χ1v) is 6.77. The van der Waals surface area contributed by atoms with Crippen LogP contribution in [0.5, 0.6) is 0 Å². The Hall–Kier alpha value is -2.56. The lowest BCUT2D eigenvalue weighted by atomic mass is 10.1. The fraction of sp³-hybridized carbons (Fsp3) is 0.250. The molecule has 0 bridgehead atoms. The molecule has 1 N–H and O–H groups in total. The third kappa shape index (κ3) is 2.31. The molecule has 21 heavy (non-hydrogen) atoms. The zero-order chi connectivity index (χ0) is 15.1. The van der Waals surface area contributed by atoms with Gasteiger partial charge in [0.2, 0.25) is 0 Å². The predicted octanol–water partition coefficient (Wildman–Crippen LogP) is 3.34. The molecule has 1 amide bonds. The lowest BCUT2D eigenvalue weighted by Gasteiger charge is -2.01. The van der Waals surface area contributed by atoms with Crippen LogP contribution in [0.4, 0.5) is 5.69 Å². The van der Waals surface area contributed by atoms with Crippen LogP contribution in [0.3, 0.4) is 0 Å². The summed E-state index contributed by atoms with van der Waals surface area (Å²) in [6.07, 6.45) is 1.77. The van der Waals surface area contributed by atoms with E-state index >= 15 is 0 Å². The van der Waals surface area contributed by atoms with Gasteiger partial charge in [0.25, 0.3) is 5.91 Å². The maximum atomic E-state index is 12.4. The highest BCUT2D eigenvalue weighted by Crippen LogP contribution is 2.27. The molecular formula is C16H17N3O2. The Morgan fingerprint density at radius 3 is 2.71 bits per heavy atom. The molecule has 0 fully saturated rings. The van der Waals surface area contributed by atoms with Gasteiger partial charge < -0.3 is 9.73 Å². The van der Waals surface area contributed by atoms with Crippen molar-refractivity contribution in [1.82, 2.24) is 9.78 Å². The molecule has 2 heterocycles. The van der Waals surface area contributed by atoms with Gasteiger partial charge in [-0.15, -0.1) is 0 Å². The number of hydrogen-bond acceptors (Lipinski definition) is 3. The Morgan fingerprint density at radius 1 is 1.29 bits per heavy atom. The summed E-state index contributed by atoms with van der Waals surface area (Å²) in [5.74, 6) is 0.0938. The second kappa shape index (κ2) is 4.77. The van der Waals surface area contributed by atoms with Gasteiger partial charge in [-0.05, 0) is 32.4 Å². The third-order valence-corrected chi connectivity index (χ3v) is 3.56. The molecule has 0 unspecified atom stereocenters. The first-order chi connectivity index (χ1) is 9.95. The zero-order valence-electron chi connectivity index (χ0n) is 12.5. The average Bonchev–Trinajstić information content (AvgIpc) is 2.90.